The van der Waals surface area contributed by atoms with Crippen LogP contribution in [-0.4, -0.2) is 42.5 Å². The summed E-state index contributed by atoms with van der Waals surface area (Å²) < 4.78 is 24.4. The monoisotopic (exact) mass is 244 g/mol. The number of rotatable bonds is 5. The minimum Gasteiger partial charge on any atom is -0.479 e. The first-order chi connectivity index (χ1) is 6.27. The van der Waals surface area contributed by atoms with E-state index in [1.807, 2.05) is 0 Å². The number of esters is 1. The van der Waals surface area contributed by atoms with Crippen molar-refractivity contribution in [2.75, 3.05) is 12.4 Å². The predicted octanol–water partition coefficient (Wildman–Crippen LogP) is -0.386. The summed E-state index contributed by atoms with van der Waals surface area (Å²) in [5.41, 5.74) is 0. The maximum absolute atomic E-state index is 11.0. The first kappa shape index (κ1) is 13.2. The Morgan fingerprint density at radius 1 is 1.50 bits per heavy atom. The van der Waals surface area contributed by atoms with Crippen molar-refractivity contribution in [2.45, 2.75) is 11.6 Å². The van der Waals surface area contributed by atoms with Crippen LogP contribution in [0.4, 0.5) is 0 Å². The molecule has 6 nitrogen and oxygen atoms in total. The van der Waals surface area contributed by atoms with Gasteiger partial charge in [-0.3, -0.25) is 4.79 Å². The number of carboxylic acid groups (broad SMARTS) is 1. The topological polar surface area (TPSA) is 97.7 Å². The van der Waals surface area contributed by atoms with Crippen LogP contribution in [0.1, 0.15) is 6.92 Å². The van der Waals surface area contributed by atoms with Crippen LogP contribution in [0.5, 0.6) is 0 Å². The molecule has 0 aromatic heterocycles. The summed E-state index contributed by atoms with van der Waals surface area (Å²) in [5.74, 6) is -2.89. The summed E-state index contributed by atoms with van der Waals surface area (Å²) >= 11 is 5.09. The molecular weight excluding hydrogens is 236 g/mol. The van der Waals surface area contributed by atoms with Gasteiger partial charge in [0.2, 0.25) is 4.71 Å². The second kappa shape index (κ2) is 5.16. The van der Waals surface area contributed by atoms with Crippen molar-refractivity contribution in [1.82, 2.24) is 0 Å². The molecule has 0 aliphatic heterocycles. The molecule has 0 spiro atoms. The lowest BCUT2D eigenvalue weighted by Gasteiger charge is -2.06. The number of carbonyl (C=O) groups excluding carboxylic acids is 1. The van der Waals surface area contributed by atoms with Crippen molar-refractivity contribution in [3.63, 3.8) is 0 Å². The Kier molecular flexibility index (Phi) is 4.86. The molecule has 1 unspecified atom stereocenters. The lowest BCUT2D eigenvalue weighted by atomic mass is 10.8. The molecule has 0 amide bonds. The van der Waals surface area contributed by atoms with Crippen LogP contribution in [-0.2, 0) is 24.2 Å². The van der Waals surface area contributed by atoms with Crippen LogP contribution in [0.3, 0.4) is 0 Å². The number of ether oxygens (including phenoxy) is 1. The van der Waals surface area contributed by atoms with E-state index in [2.05, 4.69) is 4.74 Å². The molecule has 0 saturated heterocycles. The molecule has 8 heteroatoms. The van der Waals surface area contributed by atoms with E-state index in [1.165, 1.54) is 0 Å². The van der Waals surface area contributed by atoms with E-state index in [0.717, 1.165) is 6.92 Å². The molecule has 0 aliphatic rings. The molecule has 0 aromatic carbocycles. The van der Waals surface area contributed by atoms with Gasteiger partial charge in [0, 0.05) is 6.92 Å². The zero-order valence-electron chi connectivity index (χ0n) is 7.27. The van der Waals surface area contributed by atoms with Crippen LogP contribution < -0.4 is 0 Å². The summed E-state index contributed by atoms with van der Waals surface area (Å²) in [5, 5.41) is 8.31. The largest absolute Gasteiger partial charge is 0.479 e. The summed E-state index contributed by atoms with van der Waals surface area (Å²) in [6, 6.07) is 0. The average Bonchev–Trinajstić information content (AvgIpc) is 2.01. The van der Waals surface area contributed by atoms with Crippen LogP contribution in [0.25, 0.3) is 0 Å². The van der Waals surface area contributed by atoms with Crippen molar-refractivity contribution >= 4 is 33.4 Å². The quantitative estimate of drug-likeness (QED) is 0.523. The Hall–Kier alpha value is -0.820. The van der Waals surface area contributed by atoms with E-state index in [9.17, 15) is 18.0 Å². The summed E-state index contributed by atoms with van der Waals surface area (Å²) in [7, 11) is -3.97. The van der Waals surface area contributed by atoms with E-state index in [4.69, 9.17) is 16.7 Å². The fourth-order valence-corrected chi connectivity index (χ4v) is 1.66. The van der Waals surface area contributed by atoms with Gasteiger partial charge in [-0.25, -0.2) is 13.2 Å². The van der Waals surface area contributed by atoms with Gasteiger partial charge >= 0.3 is 11.9 Å². The number of sulfone groups is 1. The van der Waals surface area contributed by atoms with Crippen molar-refractivity contribution in [3.05, 3.63) is 0 Å². The Morgan fingerprint density at radius 3 is 2.36 bits per heavy atom. The molecular formula is C6H9ClO6S. The van der Waals surface area contributed by atoms with Gasteiger partial charge in [0.05, 0.1) is 5.75 Å². The SMILES string of the molecule is CC(=O)OCCS(=O)(=O)C(Cl)C(=O)O. The molecule has 0 bridgehead atoms. The number of halogens is 1. The van der Waals surface area contributed by atoms with Crippen molar-refractivity contribution in [2.24, 2.45) is 0 Å². The first-order valence-electron chi connectivity index (χ1n) is 3.49. The molecule has 14 heavy (non-hydrogen) atoms. The highest BCUT2D eigenvalue weighted by atomic mass is 35.5. The Morgan fingerprint density at radius 2 is 2.00 bits per heavy atom. The zero-order valence-corrected chi connectivity index (χ0v) is 8.84. The fraction of sp³-hybridized carbons (Fsp3) is 0.667. The zero-order chi connectivity index (χ0) is 11.4. The van der Waals surface area contributed by atoms with E-state index in [-0.39, 0.29) is 0 Å². The predicted molar refractivity (Wildman–Crippen MR) is 47.7 cm³/mol. The lowest BCUT2D eigenvalue weighted by molar-refractivity contribution is -0.140. The molecule has 0 aliphatic carbocycles. The third kappa shape index (κ3) is 4.43. The Balaban J connectivity index is 4.22. The van der Waals surface area contributed by atoms with E-state index < -0.39 is 38.8 Å². The molecule has 0 fully saturated rings. The highest BCUT2D eigenvalue weighted by Gasteiger charge is 2.29. The maximum Gasteiger partial charge on any atom is 0.337 e. The summed E-state index contributed by atoms with van der Waals surface area (Å²) in [4.78, 5) is 20.5. The number of hydrogen-bond acceptors (Lipinski definition) is 5. The molecule has 1 atom stereocenters. The van der Waals surface area contributed by atoms with Crippen LogP contribution in [0, 0.1) is 0 Å². The van der Waals surface area contributed by atoms with Gasteiger partial charge in [-0.1, -0.05) is 11.6 Å². The molecule has 0 aromatic rings. The second-order valence-electron chi connectivity index (χ2n) is 2.36. The van der Waals surface area contributed by atoms with Gasteiger partial charge in [-0.05, 0) is 0 Å². The number of alkyl halides is 1. The number of hydrogen-bond donors (Lipinski definition) is 1. The highest BCUT2D eigenvalue weighted by Crippen LogP contribution is 2.07. The second-order valence-corrected chi connectivity index (χ2v) is 5.26. The summed E-state index contributed by atoms with van der Waals surface area (Å²) in [6.45, 7) is 0.718. The minimum absolute atomic E-state index is 0.395. The molecule has 0 saturated carbocycles. The molecule has 0 heterocycles. The number of aliphatic carboxylic acids is 1. The summed E-state index contributed by atoms with van der Waals surface area (Å²) in [6.07, 6.45) is 0. The van der Waals surface area contributed by atoms with Crippen molar-refractivity contribution in [3.8, 4) is 0 Å². The Labute approximate surface area is 85.7 Å². The number of carboxylic acids is 1. The molecule has 0 rings (SSSR count). The average molecular weight is 245 g/mol. The standard InChI is InChI=1S/C6H9ClO6S/c1-4(8)13-2-3-14(11,12)5(7)6(9)10/h5H,2-3H2,1H3,(H,9,10). The normalized spacial score (nSPS) is 13.3. The van der Waals surface area contributed by atoms with Crippen molar-refractivity contribution in [1.29, 1.82) is 0 Å². The first-order valence-corrected chi connectivity index (χ1v) is 5.64. The van der Waals surface area contributed by atoms with Gasteiger partial charge in [0.15, 0.2) is 9.84 Å². The van der Waals surface area contributed by atoms with E-state index in [0.29, 0.717) is 0 Å². The van der Waals surface area contributed by atoms with Gasteiger partial charge < -0.3 is 9.84 Å². The fourth-order valence-electron chi connectivity index (χ4n) is 0.559. The van der Waals surface area contributed by atoms with Gasteiger partial charge in [-0.15, -0.1) is 0 Å². The van der Waals surface area contributed by atoms with E-state index >= 15 is 0 Å². The molecule has 0 radical (unpaired) electrons. The number of carbonyl (C=O) groups is 2. The van der Waals surface area contributed by atoms with Crippen LogP contribution >= 0.6 is 11.6 Å². The van der Waals surface area contributed by atoms with Crippen molar-refractivity contribution < 1.29 is 27.9 Å². The third-order valence-corrected chi connectivity index (χ3v) is 3.75. The Bertz CT molecular complexity index is 321. The van der Waals surface area contributed by atoms with Gasteiger partial charge in [0.1, 0.15) is 6.61 Å². The molecule has 82 valence electrons. The van der Waals surface area contributed by atoms with Crippen LogP contribution in [0.2, 0.25) is 0 Å². The van der Waals surface area contributed by atoms with Crippen LogP contribution in [0.15, 0.2) is 0 Å². The minimum atomic E-state index is -3.97. The smallest absolute Gasteiger partial charge is 0.337 e. The van der Waals surface area contributed by atoms with Gasteiger partial charge in [0.25, 0.3) is 0 Å². The van der Waals surface area contributed by atoms with E-state index in [1.54, 1.807) is 0 Å². The maximum atomic E-state index is 11.0. The molecule has 1 N–H and O–H groups in total. The third-order valence-electron chi connectivity index (χ3n) is 1.18. The lowest BCUT2D eigenvalue weighted by Crippen LogP contribution is -2.28. The highest BCUT2D eigenvalue weighted by molar-refractivity contribution is 7.94. The van der Waals surface area contributed by atoms with Gasteiger partial charge in [-0.2, -0.15) is 0 Å².